The largest absolute Gasteiger partial charge is 0.479 e. The van der Waals surface area contributed by atoms with Gasteiger partial charge in [-0.1, -0.05) is 11.6 Å². The third-order valence-corrected chi connectivity index (χ3v) is 4.10. The number of carbonyl (C=O) groups excluding carboxylic acids is 2. The second-order valence-electron chi connectivity index (χ2n) is 5.73. The summed E-state index contributed by atoms with van der Waals surface area (Å²) >= 11 is 5.81. The molecule has 0 saturated heterocycles. The maximum Gasteiger partial charge on any atom is 0.335 e. The monoisotopic (exact) mass is 374 g/mol. The molecular weight excluding hydrogens is 360 g/mol. The topological polar surface area (TPSA) is 95.9 Å². The molecule has 2 aromatic rings. The number of carboxylic acid groups (broad SMARTS) is 1. The van der Waals surface area contributed by atoms with Gasteiger partial charge in [0.15, 0.2) is 6.10 Å². The third kappa shape index (κ3) is 3.62. The van der Waals surface area contributed by atoms with Gasteiger partial charge >= 0.3 is 5.97 Å². The van der Waals surface area contributed by atoms with Crippen molar-refractivity contribution in [1.29, 1.82) is 0 Å². The van der Waals surface area contributed by atoms with E-state index < -0.39 is 18.0 Å². The lowest BCUT2D eigenvalue weighted by molar-refractivity contribution is -0.127. The van der Waals surface area contributed by atoms with Gasteiger partial charge in [0.05, 0.1) is 11.3 Å². The number of nitrogens with zero attached hydrogens (tertiary/aromatic N) is 1. The highest BCUT2D eigenvalue weighted by molar-refractivity contribution is 6.30. The highest BCUT2D eigenvalue weighted by Crippen LogP contribution is 2.34. The number of rotatable bonds is 4. The zero-order valence-electron chi connectivity index (χ0n) is 13.7. The van der Waals surface area contributed by atoms with Crippen LogP contribution in [0.2, 0.25) is 5.02 Å². The summed E-state index contributed by atoms with van der Waals surface area (Å²) < 4.78 is 5.48. The lowest BCUT2D eigenvalue weighted by atomic mass is 10.1. The quantitative estimate of drug-likeness (QED) is 0.857. The second kappa shape index (κ2) is 7.05. The number of amides is 2. The Morgan fingerprint density at radius 2 is 1.92 bits per heavy atom. The molecule has 0 aromatic heterocycles. The Morgan fingerprint density at radius 1 is 1.23 bits per heavy atom. The molecule has 1 atom stereocenters. The first-order chi connectivity index (χ1) is 12.3. The Balaban J connectivity index is 1.82. The summed E-state index contributed by atoms with van der Waals surface area (Å²) in [4.78, 5) is 37.1. The van der Waals surface area contributed by atoms with E-state index in [0.717, 1.165) is 0 Å². The molecule has 3 rings (SSSR count). The van der Waals surface area contributed by atoms with Crippen molar-refractivity contribution in [2.45, 2.75) is 13.0 Å². The van der Waals surface area contributed by atoms with Gasteiger partial charge in [0.2, 0.25) is 5.91 Å². The van der Waals surface area contributed by atoms with Crippen LogP contribution in [-0.2, 0) is 9.59 Å². The van der Waals surface area contributed by atoms with Gasteiger partial charge in [-0.05, 0) is 49.4 Å². The molecule has 1 aliphatic rings. The van der Waals surface area contributed by atoms with Crippen LogP contribution in [0.15, 0.2) is 42.5 Å². The molecule has 26 heavy (non-hydrogen) atoms. The van der Waals surface area contributed by atoms with Crippen molar-refractivity contribution in [2.75, 3.05) is 16.8 Å². The lowest BCUT2D eigenvalue weighted by Crippen LogP contribution is -2.47. The van der Waals surface area contributed by atoms with Gasteiger partial charge in [0, 0.05) is 10.7 Å². The number of fused-ring (bicyclic) bond motifs is 1. The number of anilines is 2. The van der Waals surface area contributed by atoms with Crippen molar-refractivity contribution in [3.05, 3.63) is 53.1 Å². The van der Waals surface area contributed by atoms with E-state index in [4.69, 9.17) is 21.4 Å². The van der Waals surface area contributed by atoms with E-state index in [2.05, 4.69) is 5.32 Å². The van der Waals surface area contributed by atoms with E-state index in [1.54, 1.807) is 31.2 Å². The number of aromatic carboxylic acids is 1. The Labute approximate surface area is 154 Å². The average Bonchev–Trinajstić information content (AvgIpc) is 2.60. The molecule has 1 heterocycles. The van der Waals surface area contributed by atoms with Crippen LogP contribution in [0.3, 0.4) is 0 Å². The number of hydrogen-bond acceptors (Lipinski definition) is 4. The molecule has 2 amide bonds. The number of nitrogens with one attached hydrogen (secondary N) is 1. The van der Waals surface area contributed by atoms with E-state index in [1.165, 1.54) is 23.1 Å². The normalized spacial score (nSPS) is 15.8. The maximum absolute atomic E-state index is 12.4. The summed E-state index contributed by atoms with van der Waals surface area (Å²) in [7, 11) is 0. The predicted molar refractivity (Wildman–Crippen MR) is 95.9 cm³/mol. The molecule has 1 unspecified atom stereocenters. The average molecular weight is 375 g/mol. The molecule has 2 aromatic carbocycles. The lowest BCUT2D eigenvalue weighted by Gasteiger charge is -2.32. The van der Waals surface area contributed by atoms with Gasteiger partial charge < -0.3 is 15.2 Å². The molecule has 2 N–H and O–H groups in total. The summed E-state index contributed by atoms with van der Waals surface area (Å²) in [6.45, 7) is 1.32. The van der Waals surface area contributed by atoms with Crippen LogP contribution in [0.1, 0.15) is 17.3 Å². The summed E-state index contributed by atoms with van der Waals surface area (Å²) in [5.41, 5.74) is 0.940. The molecule has 134 valence electrons. The van der Waals surface area contributed by atoms with E-state index in [1.807, 2.05) is 0 Å². The van der Waals surface area contributed by atoms with Gasteiger partial charge in [0.1, 0.15) is 12.3 Å². The number of carbonyl (C=O) groups is 3. The first kappa shape index (κ1) is 17.8. The van der Waals surface area contributed by atoms with Crippen LogP contribution in [0, 0.1) is 0 Å². The standard InChI is InChI=1S/C18H15ClN2O5/c1-10-17(23)21(9-16(22)20-13-5-3-12(19)4-6-13)14-7-2-11(18(24)25)8-15(14)26-10/h2-8,10H,9H2,1H3,(H,20,22)(H,24,25). The molecule has 7 nitrogen and oxygen atoms in total. The zero-order valence-corrected chi connectivity index (χ0v) is 14.5. The number of benzene rings is 2. The SMILES string of the molecule is CC1Oc2cc(C(=O)O)ccc2N(CC(=O)Nc2ccc(Cl)cc2)C1=O. The maximum atomic E-state index is 12.4. The molecule has 1 aliphatic heterocycles. The van der Waals surface area contributed by atoms with Gasteiger partial charge in [-0.25, -0.2) is 4.79 Å². The Kier molecular flexibility index (Phi) is 4.81. The van der Waals surface area contributed by atoms with Crippen molar-refractivity contribution in [2.24, 2.45) is 0 Å². The smallest absolute Gasteiger partial charge is 0.335 e. The fourth-order valence-corrected chi connectivity index (χ4v) is 2.71. The molecule has 8 heteroatoms. The molecule has 0 saturated carbocycles. The van der Waals surface area contributed by atoms with Gasteiger partial charge in [-0.15, -0.1) is 0 Å². The molecule has 0 fully saturated rings. The molecule has 0 spiro atoms. The molecule has 0 aliphatic carbocycles. The summed E-state index contributed by atoms with van der Waals surface area (Å²) in [6.07, 6.45) is -0.824. The van der Waals surface area contributed by atoms with Crippen LogP contribution in [0.25, 0.3) is 0 Å². The Morgan fingerprint density at radius 3 is 2.58 bits per heavy atom. The van der Waals surface area contributed by atoms with Gasteiger partial charge in [0.25, 0.3) is 5.91 Å². The first-order valence-electron chi connectivity index (χ1n) is 7.76. The van der Waals surface area contributed by atoms with E-state index >= 15 is 0 Å². The highest BCUT2D eigenvalue weighted by atomic mass is 35.5. The zero-order chi connectivity index (χ0) is 18.8. The highest BCUT2D eigenvalue weighted by Gasteiger charge is 2.33. The second-order valence-corrected chi connectivity index (χ2v) is 6.16. The van der Waals surface area contributed by atoms with Crippen LogP contribution < -0.4 is 15.0 Å². The van der Waals surface area contributed by atoms with Crippen molar-refractivity contribution in [1.82, 2.24) is 0 Å². The molecule has 0 bridgehead atoms. The molecule has 0 radical (unpaired) electrons. The minimum atomic E-state index is -1.10. The molecular formula is C18H15ClN2O5. The Hall–Kier alpha value is -3.06. The van der Waals surface area contributed by atoms with Gasteiger partial charge in [-0.3, -0.25) is 14.5 Å². The summed E-state index contributed by atoms with van der Waals surface area (Å²) in [6, 6.07) is 10.7. The van der Waals surface area contributed by atoms with Crippen LogP contribution in [0.4, 0.5) is 11.4 Å². The Bertz CT molecular complexity index is 882. The van der Waals surface area contributed by atoms with Crippen molar-refractivity contribution in [3.8, 4) is 5.75 Å². The van der Waals surface area contributed by atoms with E-state index in [9.17, 15) is 14.4 Å². The van der Waals surface area contributed by atoms with Crippen LogP contribution >= 0.6 is 11.6 Å². The van der Waals surface area contributed by atoms with Crippen LogP contribution in [0.5, 0.6) is 5.75 Å². The number of ether oxygens (including phenoxy) is 1. The number of halogens is 1. The number of carboxylic acids is 1. The third-order valence-electron chi connectivity index (χ3n) is 3.84. The predicted octanol–water partition coefficient (Wildman–Crippen LogP) is 2.79. The van der Waals surface area contributed by atoms with Crippen molar-refractivity contribution >= 4 is 40.8 Å². The summed E-state index contributed by atoms with van der Waals surface area (Å²) in [5, 5.41) is 12.3. The number of hydrogen-bond donors (Lipinski definition) is 2. The minimum Gasteiger partial charge on any atom is -0.479 e. The summed E-state index contributed by atoms with van der Waals surface area (Å²) in [5.74, 6) is -1.64. The minimum absolute atomic E-state index is 0.0378. The first-order valence-corrected chi connectivity index (χ1v) is 8.14. The van der Waals surface area contributed by atoms with E-state index in [-0.39, 0.29) is 23.8 Å². The fraction of sp³-hybridized carbons (Fsp3) is 0.167. The van der Waals surface area contributed by atoms with Gasteiger partial charge in [-0.2, -0.15) is 0 Å². The van der Waals surface area contributed by atoms with Crippen molar-refractivity contribution in [3.63, 3.8) is 0 Å². The van der Waals surface area contributed by atoms with Crippen LogP contribution in [-0.4, -0.2) is 35.5 Å². The fourth-order valence-electron chi connectivity index (χ4n) is 2.58. The van der Waals surface area contributed by atoms with Crippen molar-refractivity contribution < 1.29 is 24.2 Å². The van der Waals surface area contributed by atoms with E-state index in [0.29, 0.717) is 16.4 Å².